The minimum Gasteiger partial charge on any atom is -0.389 e. The number of hydrogen-bond donors (Lipinski definition) is 1. The fourth-order valence-electron chi connectivity index (χ4n) is 1.31. The molecule has 0 saturated carbocycles. The highest BCUT2D eigenvalue weighted by Crippen LogP contribution is 2.15. The van der Waals surface area contributed by atoms with Crippen molar-refractivity contribution in [2.24, 2.45) is 0 Å². The number of carbonyl (C=O) groups is 1. The molecule has 0 aromatic rings. The van der Waals surface area contributed by atoms with Gasteiger partial charge in [0, 0.05) is 18.7 Å². The van der Waals surface area contributed by atoms with Crippen LogP contribution in [-0.2, 0) is 4.79 Å². The van der Waals surface area contributed by atoms with Crippen LogP contribution in [0.15, 0.2) is 11.1 Å². The smallest absolute Gasteiger partial charge is 0.249 e. The van der Waals surface area contributed by atoms with E-state index in [1.165, 1.54) is 0 Å². The Morgan fingerprint density at radius 2 is 2.00 bits per heavy atom. The molecule has 1 saturated heterocycles. The van der Waals surface area contributed by atoms with Crippen LogP contribution in [0.25, 0.3) is 0 Å². The Labute approximate surface area is 79.0 Å². The summed E-state index contributed by atoms with van der Waals surface area (Å²) in [6.45, 7) is 6.85. The zero-order chi connectivity index (χ0) is 10.0. The molecular formula is C10H17NO2. The van der Waals surface area contributed by atoms with Gasteiger partial charge in [-0.2, -0.15) is 0 Å². The van der Waals surface area contributed by atoms with Crippen molar-refractivity contribution >= 4 is 5.91 Å². The number of rotatable bonds is 2. The Hall–Kier alpha value is -0.830. The van der Waals surface area contributed by atoms with Gasteiger partial charge >= 0.3 is 0 Å². The maximum atomic E-state index is 11.6. The monoisotopic (exact) mass is 183 g/mol. The first-order valence-electron chi connectivity index (χ1n) is 4.70. The summed E-state index contributed by atoms with van der Waals surface area (Å²) in [7, 11) is 0. The van der Waals surface area contributed by atoms with Crippen LogP contribution in [0.5, 0.6) is 0 Å². The van der Waals surface area contributed by atoms with Gasteiger partial charge in [0.2, 0.25) is 5.91 Å². The maximum Gasteiger partial charge on any atom is 0.249 e. The first-order valence-corrected chi connectivity index (χ1v) is 4.70. The van der Waals surface area contributed by atoms with Crippen molar-refractivity contribution < 1.29 is 9.90 Å². The van der Waals surface area contributed by atoms with E-state index in [1.54, 1.807) is 4.90 Å². The Kier molecular flexibility index (Phi) is 3.09. The summed E-state index contributed by atoms with van der Waals surface area (Å²) in [5.41, 5.74) is 1.96. The second-order valence-electron chi connectivity index (χ2n) is 3.62. The van der Waals surface area contributed by atoms with Crippen LogP contribution in [-0.4, -0.2) is 35.1 Å². The van der Waals surface area contributed by atoms with E-state index in [1.807, 2.05) is 20.8 Å². The number of aliphatic hydroxyl groups is 1. The Morgan fingerprint density at radius 3 is 2.38 bits per heavy atom. The lowest BCUT2D eigenvalue weighted by Gasteiger charge is -2.36. The third-order valence-corrected chi connectivity index (χ3v) is 2.64. The lowest BCUT2D eigenvalue weighted by atomic mass is 10.1. The molecule has 3 heteroatoms. The molecule has 0 bridgehead atoms. The summed E-state index contributed by atoms with van der Waals surface area (Å²) < 4.78 is 0. The molecule has 0 unspecified atom stereocenters. The van der Waals surface area contributed by atoms with Gasteiger partial charge in [0.05, 0.1) is 6.10 Å². The molecule has 1 rings (SSSR count). The largest absolute Gasteiger partial charge is 0.389 e. The van der Waals surface area contributed by atoms with E-state index in [-0.39, 0.29) is 12.0 Å². The molecule has 1 aliphatic heterocycles. The second-order valence-corrected chi connectivity index (χ2v) is 3.62. The number of hydrogen-bond acceptors (Lipinski definition) is 2. The summed E-state index contributed by atoms with van der Waals surface area (Å²) in [5.74, 6) is 0.0738. The molecule has 13 heavy (non-hydrogen) atoms. The van der Waals surface area contributed by atoms with Crippen LogP contribution in [0, 0.1) is 0 Å². The van der Waals surface area contributed by atoms with Crippen LogP contribution in [0.4, 0.5) is 0 Å². The molecule has 0 atom stereocenters. The minimum atomic E-state index is -0.307. The van der Waals surface area contributed by atoms with E-state index in [0.29, 0.717) is 13.1 Å². The van der Waals surface area contributed by atoms with Crippen LogP contribution in [0.2, 0.25) is 0 Å². The number of β-amino-alcohol motifs (C(OH)–C–C–N with tert-alkyl or cyclic N) is 1. The molecule has 1 fully saturated rings. The van der Waals surface area contributed by atoms with Gasteiger partial charge in [-0.3, -0.25) is 4.79 Å². The first-order chi connectivity index (χ1) is 6.06. The lowest BCUT2D eigenvalue weighted by Crippen LogP contribution is -2.53. The molecule has 1 amide bonds. The van der Waals surface area contributed by atoms with Crippen molar-refractivity contribution in [2.45, 2.75) is 33.3 Å². The highest BCUT2D eigenvalue weighted by atomic mass is 16.3. The molecule has 74 valence electrons. The van der Waals surface area contributed by atoms with Crippen molar-refractivity contribution in [2.75, 3.05) is 13.1 Å². The molecule has 3 nitrogen and oxygen atoms in total. The fourth-order valence-corrected chi connectivity index (χ4v) is 1.31. The van der Waals surface area contributed by atoms with Crippen molar-refractivity contribution in [3.05, 3.63) is 11.1 Å². The quantitative estimate of drug-likeness (QED) is 0.647. The van der Waals surface area contributed by atoms with E-state index in [2.05, 4.69) is 0 Å². The third-order valence-electron chi connectivity index (χ3n) is 2.64. The van der Waals surface area contributed by atoms with E-state index in [4.69, 9.17) is 5.11 Å². The second kappa shape index (κ2) is 3.92. The van der Waals surface area contributed by atoms with Gasteiger partial charge < -0.3 is 10.0 Å². The third kappa shape index (κ3) is 2.10. The summed E-state index contributed by atoms with van der Waals surface area (Å²) in [6, 6.07) is 0. The van der Waals surface area contributed by atoms with Gasteiger partial charge in [-0.1, -0.05) is 12.5 Å². The van der Waals surface area contributed by atoms with Gasteiger partial charge in [-0.15, -0.1) is 0 Å². The molecule has 1 heterocycles. The molecule has 1 N–H and O–H groups in total. The maximum absolute atomic E-state index is 11.6. The minimum absolute atomic E-state index is 0.0738. The van der Waals surface area contributed by atoms with Crippen LogP contribution in [0.1, 0.15) is 27.2 Å². The Morgan fingerprint density at radius 1 is 1.46 bits per heavy atom. The van der Waals surface area contributed by atoms with Gasteiger partial charge in [0.15, 0.2) is 0 Å². The summed E-state index contributed by atoms with van der Waals surface area (Å²) in [6.07, 6.45) is 0.604. The van der Waals surface area contributed by atoms with Crippen molar-refractivity contribution in [1.82, 2.24) is 4.90 Å². The Bertz CT molecular complexity index is 239. The van der Waals surface area contributed by atoms with Gasteiger partial charge in [0.1, 0.15) is 0 Å². The number of likely N-dealkylation sites (tertiary alicyclic amines) is 1. The standard InChI is InChI=1S/C10H17NO2/c1-4-7(2)8(3)10(13)11-5-9(12)6-11/h9,12H,4-6H2,1-3H3/b8-7+. The average molecular weight is 183 g/mol. The number of nitrogens with zero attached hydrogens (tertiary/aromatic N) is 1. The van der Waals surface area contributed by atoms with Crippen LogP contribution >= 0.6 is 0 Å². The van der Waals surface area contributed by atoms with Gasteiger partial charge in [0.25, 0.3) is 0 Å². The van der Waals surface area contributed by atoms with E-state index >= 15 is 0 Å². The number of aliphatic hydroxyl groups excluding tert-OH is 1. The van der Waals surface area contributed by atoms with Crippen LogP contribution in [0.3, 0.4) is 0 Å². The van der Waals surface area contributed by atoms with Gasteiger partial charge in [-0.05, 0) is 20.3 Å². The topological polar surface area (TPSA) is 40.5 Å². The molecule has 1 aliphatic rings. The summed E-state index contributed by atoms with van der Waals surface area (Å²) in [5, 5.41) is 9.03. The molecule has 0 aromatic heterocycles. The molecule has 0 spiro atoms. The van der Waals surface area contributed by atoms with E-state index in [9.17, 15) is 4.79 Å². The highest BCUT2D eigenvalue weighted by molar-refractivity contribution is 5.94. The summed E-state index contributed by atoms with van der Waals surface area (Å²) >= 11 is 0. The molecular weight excluding hydrogens is 166 g/mol. The van der Waals surface area contributed by atoms with E-state index < -0.39 is 0 Å². The predicted molar refractivity (Wildman–Crippen MR) is 51.3 cm³/mol. The van der Waals surface area contributed by atoms with E-state index in [0.717, 1.165) is 17.6 Å². The summed E-state index contributed by atoms with van der Waals surface area (Å²) in [4.78, 5) is 13.3. The molecule has 0 aromatic carbocycles. The first kappa shape index (κ1) is 10.3. The SMILES string of the molecule is CC/C(C)=C(\C)C(=O)N1CC(O)C1. The fraction of sp³-hybridized carbons (Fsp3) is 0.700. The zero-order valence-corrected chi connectivity index (χ0v) is 8.50. The van der Waals surface area contributed by atoms with Crippen LogP contribution < -0.4 is 0 Å². The Balaban J connectivity index is 2.58. The molecule has 0 radical (unpaired) electrons. The van der Waals surface area contributed by atoms with Crippen molar-refractivity contribution in [1.29, 1.82) is 0 Å². The molecule has 0 aliphatic carbocycles. The number of amides is 1. The predicted octanol–water partition coefficient (Wildman–Crippen LogP) is 0.936. The number of carbonyl (C=O) groups excluding carboxylic acids is 1. The zero-order valence-electron chi connectivity index (χ0n) is 8.50. The normalized spacial score (nSPS) is 19.5. The van der Waals surface area contributed by atoms with Crippen molar-refractivity contribution in [3.63, 3.8) is 0 Å². The van der Waals surface area contributed by atoms with Crippen molar-refractivity contribution in [3.8, 4) is 0 Å². The number of allylic oxidation sites excluding steroid dienone is 1. The highest BCUT2D eigenvalue weighted by Gasteiger charge is 2.29. The van der Waals surface area contributed by atoms with Gasteiger partial charge in [-0.25, -0.2) is 0 Å². The average Bonchev–Trinajstić information content (AvgIpc) is 2.09. The lowest BCUT2D eigenvalue weighted by molar-refractivity contribution is -0.136.